The predicted octanol–water partition coefficient (Wildman–Crippen LogP) is 14.6. The molecule has 2 aliphatic heterocycles. The Hall–Kier alpha value is -7.52. The lowest BCUT2D eigenvalue weighted by molar-refractivity contribution is 0.709. The number of nitrogens with zero attached hydrogens (tertiary/aromatic N) is 6. The molecule has 0 bridgehead atoms. The summed E-state index contributed by atoms with van der Waals surface area (Å²) in [6, 6.07) is 73.4. The highest BCUT2D eigenvalue weighted by molar-refractivity contribution is 7.22. The molecule has 12 rings (SSSR count). The number of hydrogen-bond acceptors (Lipinski definition) is 8. The van der Waals surface area contributed by atoms with Gasteiger partial charge in [0.15, 0.2) is 0 Å². The van der Waals surface area contributed by atoms with Crippen LogP contribution in [-0.4, -0.2) is 21.4 Å². The zero-order chi connectivity index (χ0) is 42.4. The van der Waals surface area contributed by atoms with Crippen molar-refractivity contribution < 1.29 is 0 Å². The van der Waals surface area contributed by atoms with Gasteiger partial charge in [-0.15, -0.1) is 22.7 Å². The van der Waals surface area contributed by atoms with E-state index in [4.69, 9.17) is 20.2 Å². The third kappa shape index (κ3) is 7.26. The number of thiazole rings is 2. The van der Waals surface area contributed by atoms with Gasteiger partial charge in [0.25, 0.3) is 0 Å². The zero-order valence-electron chi connectivity index (χ0n) is 34.7. The molecular formula is C56H40N6S2. The largest absolute Gasteiger partial charge is 0.257 e. The highest BCUT2D eigenvalue weighted by Gasteiger charge is 2.31. The SMILES string of the molecule is c1ccc(C2CC(c3ccc(-c4ccc(C5=NN(c6ccc(-c7nc8ccccc8s7)cc6)C(c6ccccc6)C5)cc4)cc3)=NN2c2ccc(-c3nc4ccccc4s3)cc2)cc1. The Balaban J connectivity index is 0.784. The molecule has 0 saturated heterocycles. The Bertz CT molecular complexity index is 3030. The van der Waals surface area contributed by atoms with Gasteiger partial charge in [0, 0.05) is 24.0 Å². The van der Waals surface area contributed by atoms with Crippen molar-refractivity contribution in [2.75, 3.05) is 10.0 Å². The van der Waals surface area contributed by atoms with Crippen molar-refractivity contribution in [3.63, 3.8) is 0 Å². The fraction of sp³-hybridized carbons (Fsp3) is 0.0714. The number of hydrazone groups is 2. The van der Waals surface area contributed by atoms with Gasteiger partial charge in [-0.05, 0) is 106 Å². The lowest BCUT2D eigenvalue weighted by Crippen LogP contribution is -2.18. The maximum absolute atomic E-state index is 5.28. The molecule has 0 N–H and O–H groups in total. The van der Waals surface area contributed by atoms with Gasteiger partial charge in [0.05, 0.1) is 55.3 Å². The first kappa shape index (κ1) is 38.2. The summed E-state index contributed by atoms with van der Waals surface area (Å²) in [6.45, 7) is 0. The fourth-order valence-electron chi connectivity index (χ4n) is 8.93. The molecule has 10 aromatic rings. The lowest BCUT2D eigenvalue weighted by atomic mass is 9.95. The molecule has 8 heteroatoms. The molecule has 0 fully saturated rings. The van der Waals surface area contributed by atoms with Crippen LogP contribution in [0.5, 0.6) is 0 Å². The molecule has 0 amide bonds. The van der Waals surface area contributed by atoms with Gasteiger partial charge in [0.2, 0.25) is 0 Å². The number of para-hydroxylation sites is 2. The summed E-state index contributed by atoms with van der Waals surface area (Å²) < 4.78 is 2.40. The highest BCUT2D eigenvalue weighted by Crippen LogP contribution is 2.41. The van der Waals surface area contributed by atoms with Crippen LogP contribution in [0.1, 0.15) is 47.2 Å². The average Bonchev–Trinajstić information content (AvgIpc) is 4.20. The smallest absolute Gasteiger partial charge is 0.124 e. The van der Waals surface area contributed by atoms with Crippen molar-refractivity contribution in [3.8, 4) is 32.3 Å². The Morgan fingerprint density at radius 2 is 0.688 bits per heavy atom. The van der Waals surface area contributed by atoms with Crippen molar-refractivity contribution in [1.82, 2.24) is 9.97 Å². The van der Waals surface area contributed by atoms with E-state index < -0.39 is 0 Å². The predicted molar refractivity (Wildman–Crippen MR) is 268 cm³/mol. The molecular weight excluding hydrogens is 821 g/mol. The van der Waals surface area contributed by atoms with E-state index >= 15 is 0 Å². The van der Waals surface area contributed by atoms with Gasteiger partial charge >= 0.3 is 0 Å². The third-order valence-electron chi connectivity index (χ3n) is 12.3. The molecule has 0 spiro atoms. The zero-order valence-corrected chi connectivity index (χ0v) is 36.3. The van der Waals surface area contributed by atoms with E-state index in [1.165, 1.54) is 31.7 Å². The monoisotopic (exact) mass is 860 g/mol. The van der Waals surface area contributed by atoms with Gasteiger partial charge in [0.1, 0.15) is 10.0 Å². The molecule has 64 heavy (non-hydrogen) atoms. The first-order valence-corrected chi connectivity index (χ1v) is 23.3. The van der Waals surface area contributed by atoms with Crippen LogP contribution in [0, 0.1) is 0 Å². The van der Waals surface area contributed by atoms with Crippen LogP contribution in [0.4, 0.5) is 11.4 Å². The number of aromatic nitrogens is 2. The van der Waals surface area contributed by atoms with Gasteiger partial charge < -0.3 is 0 Å². The fourth-order valence-corrected chi connectivity index (χ4v) is 10.9. The van der Waals surface area contributed by atoms with E-state index in [0.717, 1.165) is 78.9 Å². The van der Waals surface area contributed by atoms with Crippen molar-refractivity contribution >= 4 is 65.9 Å². The molecule has 0 saturated carbocycles. The van der Waals surface area contributed by atoms with Crippen LogP contribution in [0.3, 0.4) is 0 Å². The summed E-state index contributed by atoms with van der Waals surface area (Å²) in [5.41, 5.74) is 15.7. The molecule has 6 nitrogen and oxygen atoms in total. The summed E-state index contributed by atoms with van der Waals surface area (Å²) >= 11 is 3.45. The molecule has 4 heterocycles. The number of hydrogen-bond donors (Lipinski definition) is 0. The topological polar surface area (TPSA) is 57.0 Å². The van der Waals surface area contributed by atoms with Crippen molar-refractivity contribution in [3.05, 3.63) is 229 Å². The second kappa shape index (κ2) is 16.3. The second-order valence-electron chi connectivity index (χ2n) is 16.3. The van der Waals surface area contributed by atoms with Crippen LogP contribution in [0.15, 0.2) is 216 Å². The molecule has 2 aromatic heterocycles. The molecule has 2 unspecified atom stereocenters. The van der Waals surface area contributed by atoms with E-state index in [-0.39, 0.29) is 12.1 Å². The molecule has 306 valence electrons. The minimum absolute atomic E-state index is 0.0939. The van der Waals surface area contributed by atoms with Crippen molar-refractivity contribution in [1.29, 1.82) is 0 Å². The first-order chi connectivity index (χ1) is 31.7. The second-order valence-corrected chi connectivity index (χ2v) is 18.3. The minimum atomic E-state index is 0.0939. The molecule has 8 aromatic carbocycles. The van der Waals surface area contributed by atoms with Crippen LogP contribution < -0.4 is 10.0 Å². The lowest BCUT2D eigenvalue weighted by Gasteiger charge is -2.24. The third-order valence-corrected chi connectivity index (χ3v) is 14.5. The van der Waals surface area contributed by atoms with Gasteiger partial charge in [-0.3, -0.25) is 10.0 Å². The molecule has 0 radical (unpaired) electrons. The summed E-state index contributed by atoms with van der Waals surface area (Å²) in [5.74, 6) is 0. The van der Waals surface area contributed by atoms with Crippen LogP contribution >= 0.6 is 22.7 Å². The molecule has 2 atom stereocenters. The van der Waals surface area contributed by atoms with E-state index in [9.17, 15) is 0 Å². The van der Waals surface area contributed by atoms with Gasteiger partial charge in [-0.1, -0.05) is 133 Å². The standard InChI is InChI=1S/C56H40N6S2/c1-3-11-41(12-4-1)51-35-49(59-61(51)45-31-27-43(28-32-45)55-57-47-15-7-9-17-53(47)63-55)39-23-19-37(20-24-39)38-21-25-40(26-22-38)50-36-52(42-13-5-2-6-14-42)62(60-50)46-33-29-44(30-34-46)56-58-48-16-8-10-18-54(48)64-56/h1-34,51-52H,35-36H2. The summed E-state index contributed by atoms with van der Waals surface area (Å²) in [7, 11) is 0. The van der Waals surface area contributed by atoms with E-state index in [0.29, 0.717) is 0 Å². The average molecular weight is 861 g/mol. The number of benzene rings is 8. The Labute approximate surface area is 379 Å². The number of fused-ring (bicyclic) bond motifs is 2. The van der Waals surface area contributed by atoms with Crippen LogP contribution in [0.2, 0.25) is 0 Å². The van der Waals surface area contributed by atoms with Crippen molar-refractivity contribution in [2.24, 2.45) is 10.2 Å². The maximum atomic E-state index is 5.28. The van der Waals surface area contributed by atoms with Gasteiger partial charge in [-0.2, -0.15) is 10.2 Å². The van der Waals surface area contributed by atoms with Gasteiger partial charge in [-0.25, -0.2) is 9.97 Å². The maximum Gasteiger partial charge on any atom is 0.124 e. The number of anilines is 2. The Morgan fingerprint density at radius 3 is 1.08 bits per heavy atom. The minimum Gasteiger partial charge on any atom is -0.257 e. The number of rotatable bonds is 9. The molecule has 2 aliphatic rings. The van der Waals surface area contributed by atoms with E-state index in [2.05, 4.69) is 204 Å². The van der Waals surface area contributed by atoms with Crippen LogP contribution in [0.25, 0.3) is 52.7 Å². The molecule has 0 aliphatic carbocycles. The normalized spacial score (nSPS) is 16.1. The first-order valence-electron chi connectivity index (χ1n) is 21.6. The van der Waals surface area contributed by atoms with E-state index in [1.807, 2.05) is 12.1 Å². The Morgan fingerprint density at radius 1 is 0.344 bits per heavy atom. The quantitative estimate of drug-likeness (QED) is 0.145. The van der Waals surface area contributed by atoms with E-state index in [1.54, 1.807) is 22.7 Å². The summed E-state index contributed by atoms with van der Waals surface area (Å²) in [4.78, 5) is 9.77. The summed E-state index contributed by atoms with van der Waals surface area (Å²) in [5, 5.41) is 17.0. The Kier molecular flexibility index (Phi) is 9.73. The van der Waals surface area contributed by atoms with Crippen molar-refractivity contribution in [2.45, 2.75) is 24.9 Å². The highest BCUT2D eigenvalue weighted by atomic mass is 32.1. The summed E-state index contributed by atoms with van der Waals surface area (Å²) in [6.07, 6.45) is 1.63. The van der Waals surface area contributed by atoms with Crippen LogP contribution in [-0.2, 0) is 0 Å².